The molecule has 2 aliphatic rings. The van der Waals surface area contributed by atoms with Crippen molar-refractivity contribution in [3.63, 3.8) is 0 Å². The number of carbonyl (C=O) groups is 1. The van der Waals surface area contributed by atoms with Gasteiger partial charge >= 0.3 is 0 Å². The van der Waals surface area contributed by atoms with E-state index in [0.717, 1.165) is 32.0 Å². The molecule has 5 rings (SSSR count). The van der Waals surface area contributed by atoms with Gasteiger partial charge in [0.15, 0.2) is 5.82 Å². The number of hydrogen-bond donors (Lipinski definition) is 3. The summed E-state index contributed by atoms with van der Waals surface area (Å²) in [6, 6.07) is 6.73. The molecule has 0 spiro atoms. The SMILES string of the molecule is CC(C)c1cc(-c2nnc(C(=O)NCCN3CCOCC3)n2-c2ccc(N3CCOCC3)nc2)c(O)cc1O. The Bertz CT molecular complexity index is 1280. The van der Waals surface area contributed by atoms with E-state index < -0.39 is 0 Å². The van der Waals surface area contributed by atoms with Crippen LogP contribution in [0.4, 0.5) is 5.82 Å². The zero-order valence-corrected chi connectivity index (χ0v) is 22.3. The first kappa shape index (κ1) is 26.9. The number of nitrogens with zero attached hydrogens (tertiary/aromatic N) is 6. The summed E-state index contributed by atoms with van der Waals surface area (Å²) in [7, 11) is 0. The Morgan fingerprint density at radius 1 is 1.00 bits per heavy atom. The minimum absolute atomic E-state index is 0.00171. The van der Waals surface area contributed by atoms with Gasteiger partial charge in [0.25, 0.3) is 5.91 Å². The van der Waals surface area contributed by atoms with Crippen molar-refractivity contribution in [2.24, 2.45) is 0 Å². The summed E-state index contributed by atoms with van der Waals surface area (Å²) in [5, 5.41) is 32.6. The molecule has 208 valence electrons. The first-order valence-electron chi connectivity index (χ1n) is 13.3. The van der Waals surface area contributed by atoms with E-state index in [0.29, 0.717) is 56.3 Å². The highest BCUT2D eigenvalue weighted by molar-refractivity contribution is 5.92. The first-order chi connectivity index (χ1) is 18.9. The van der Waals surface area contributed by atoms with Crippen molar-refractivity contribution in [3.05, 3.63) is 41.9 Å². The number of nitrogens with one attached hydrogen (secondary N) is 1. The van der Waals surface area contributed by atoms with E-state index in [1.807, 2.05) is 26.0 Å². The fraction of sp³-hybridized carbons (Fsp3) is 0.481. The third-order valence-corrected chi connectivity index (χ3v) is 7.02. The number of morpholine rings is 2. The Morgan fingerprint density at radius 3 is 2.38 bits per heavy atom. The van der Waals surface area contributed by atoms with Gasteiger partial charge in [0.1, 0.15) is 17.3 Å². The molecule has 12 heteroatoms. The summed E-state index contributed by atoms with van der Waals surface area (Å²) in [6.45, 7) is 10.9. The molecule has 0 aliphatic carbocycles. The first-order valence-corrected chi connectivity index (χ1v) is 13.3. The molecule has 0 saturated carbocycles. The van der Waals surface area contributed by atoms with Crippen molar-refractivity contribution in [1.82, 2.24) is 30.0 Å². The quantitative estimate of drug-likeness (QED) is 0.390. The summed E-state index contributed by atoms with van der Waals surface area (Å²) in [5.74, 6) is 0.597. The maximum absolute atomic E-state index is 13.3. The maximum atomic E-state index is 13.3. The zero-order valence-electron chi connectivity index (χ0n) is 22.3. The summed E-state index contributed by atoms with van der Waals surface area (Å²) >= 11 is 0. The van der Waals surface area contributed by atoms with Gasteiger partial charge in [-0.3, -0.25) is 14.3 Å². The summed E-state index contributed by atoms with van der Waals surface area (Å²) in [6.07, 6.45) is 1.67. The molecule has 1 aromatic carbocycles. The van der Waals surface area contributed by atoms with Crippen LogP contribution in [0.2, 0.25) is 0 Å². The van der Waals surface area contributed by atoms with Crippen molar-refractivity contribution in [3.8, 4) is 28.6 Å². The van der Waals surface area contributed by atoms with Crippen LogP contribution in [-0.2, 0) is 9.47 Å². The molecule has 2 aromatic heterocycles. The molecular weight excluding hydrogens is 502 g/mol. The highest BCUT2D eigenvalue weighted by Crippen LogP contribution is 2.38. The normalized spacial score (nSPS) is 16.5. The van der Waals surface area contributed by atoms with Gasteiger partial charge in [0, 0.05) is 45.3 Å². The predicted molar refractivity (Wildman–Crippen MR) is 145 cm³/mol. The number of ether oxygens (including phenoxy) is 2. The smallest absolute Gasteiger partial charge is 0.289 e. The summed E-state index contributed by atoms with van der Waals surface area (Å²) in [4.78, 5) is 22.3. The van der Waals surface area contributed by atoms with Crippen molar-refractivity contribution in [2.45, 2.75) is 19.8 Å². The lowest BCUT2D eigenvalue weighted by atomic mass is 9.98. The van der Waals surface area contributed by atoms with Crippen LogP contribution in [0.3, 0.4) is 0 Å². The van der Waals surface area contributed by atoms with E-state index in [9.17, 15) is 15.0 Å². The lowest BCUT2D eigenvalue weighted by Crippen LogP contribution is -2.41. The van der Waals surface area contributed by atoms with E-state index in [1.54, 1.807) is 16.8 Å². The van der Waals surface area contributed by atoms with E-state index in [1.165, 1.54) is 6.07 Å². The van der Waals surface area contributed by atoms with Gasteiger partial charge in [-0.1, -0.05) is 13.8 Å². The van der Waals surface area contributed by atoms with Crippen LogP contribution in [-0.4, -0.2) is 106 Å². The summed E-state index contributed by atoms with van der Waals surface area (Å²) in [5.41, 5.74) is 1.58. The number of pyridine rings is 1. The van der Waals surface area contributed by atoms with Crippen LogP contribution < -0.4 is 10.2 Å². The Hall–Kier alpha value is -3.74. The molecule has 1 amide bonds. The molecular formula is C27H35N7O5. The monoisotopic (exact) mass is 537 g/mol. The predicted octanol–water partition coefficient (Wildman–Crippen LogP) is 1.76. The van der Waals surface area contributed by atoms with Crippen LogP contribution in [0.25, 0.3) is 17.1 Å². The van der Waals surface area contributed by atoms with E-state index in [4.69, 9.17) is 9.47 Å². The molecule has 0 atom stereocenters. The number of aromatic nitrogens is 4. The van der Waals surface area contributed by atoms with Gasteiger partial charge in [-0.25, -0.2) is 4.98 Å². The number of carbonyl (C=O) groups excluding carboxylic acids is 1. The van der Waals surface area contributed by atoms with Crippen LogP contribution >= 0.6 is 0 Å². The largest absolute Gasteiger partial charge is 0.508 e. The Morgan fingerprint density at radius 2 is 1.72 bits per heavy atom. The average Bonchev–Trinajstić information content (AvgIpc) is 3.39. The molecule has 3 aromatic rings. The Labute approximate surface area is 227 Å². The molecule has 0 bridgehead atoms. The van der Waals surface area contributed by atoms with Crippen molar-refractivity contribution in [2.75, 3.05) is 70.6 Å². The third kappa shape index (κ3) is 5.97. The Kier molecular flexibility index (Phi) is 8.24. The van der Waals surface area contributed by atoms with Crippen LogP contribution in [0, 0.1) is 0 Å². The molecule has 2 fully saturated rings. The molecule has 0 unspecified atom stereocenters. The molecule has 3 N–H and O–H groups in total. The topological polar surface area (TPSA) is 138 Å². The van der Waals surface area contributed by atoms with Crippen molar-refractivity contribution in [1.29, 1.82) is 0 Å². The molecule has 39 heavy (non-hydrogen) atoms. The number of amides is 1. The number of aromatic hydroxyl groups is 2. The second-order valence-corrected chi connectivity index (χ2v) is 9.95. The number of phenolic OH excluding ortho intramolecular Hbond substituents is 2. The highest BCUT2D eigenvalue weighted by atomic mass is 16.5. The molecule has 12 nitrogen and oxygen atoms in total. The van der Waals surface area contributed by atoms with Gasteiger partial charge in [0.2, 0.25) is 5.82 Å². The van der Waals surface area contributed by atoms with E-state index in [-0.39, 0.29) is 35.0 Å². The molecule has 0 radical (unpaired) electrons. The minimum atomic E-state index is -0.387. The number of benzene rings is 1. The second-order valence-electron chi connectivity index (χ2n) is 9.95. The van der Waals surface area contributed by atoms with E-state index >= 15 is 0 Å². The van der Waals surface area contributed by atoms with Crippen LogP contribution in [0.5, 0.6) is 11.5 Å². The van der Waals surface area contributed by atoms with Gasteiger partial charge < -0.3 is 29.9 Å². The molecule has 2 saturated heterocycles. The van der Waals surface area contributed by atoms with Crippen LogP contribution in [0.1, 0.15) is 35.9 Å². The number of phenols is 2. The van der Waals surface area contributed by atoms with Gasteiger partial charge in [-0.2, -0.15) is 0 Å². The third-order valence-electron chi connectivity index (χ3n) is 7.02. The Balaban J connectivity index is 1.48. The van der Waals surface area contributed by atoms with Crippen LogP contribution in [0.15, 0.2) is 30.5 Å². The zero-order chi connectivity index (χ0) is 27.4. The number of hydrogen-bond acceptors (Lipinski definition) is 10. The lowest BCUT2D eigenvalue weighted by molar-refractivity contribution is 0.0383. The van der Waals surface area contributed by atoms with Gasteiger partial charge in [-0.05, 0) is 29.7 Å². The fourth-order valence-electron chi connectivity index (χ4n) is 4.81. The minimum Gasteiger partial charge on any atom is -0.508 e. The lowest BCUT2D eigenvalue weighted by Gasteiger charge is -2.27. The molecule has 2 aliphatic heterocycles. The van der Waals surface area contributed by atoms with E-state index in [2.05, 4.69) is 30.3 Å². The average molecular weight is 538 g/mol. The summed E-state index contributed by atoms with van der Waals surface area (Å²) < 4.78 is 12.4. The van der Waals surface area contributed by atoms with Crippen molar-refractivity contribution < 1.29 is 24.5 Å². The highest BCUT2D eigenvalue weighted by Gasteiger charge is 2.25. The standard InChI is InChI=1S/C27H35N7O5/c1-18(2)20-15-21(23(36)16-22(20)35)25-30-31-26(27(37)28-5-6-32-7-11-38-12-8-32)34(25)19-3-4-24(29-17-19)33-9-13-39-14-10-33/h3-4,15-18,35-36H,5-14H2,1-2H3,(H,28,37). The number of anilines is 1. The van der Waals surface area contributed by atoms with Gasteiger partial charge in [0.05, 0.1) is 43.9 Å². The maximum Gasteiger partial charge on any atom is 0.289 e. The number of rotatable bonds is 8. The fourth-order valence-corrected chi connectivity index (χ4v) is 4.81. The van der Waals surface area contributed by atoms with Crippen molar-refractivity contribution >= 4 is 11.7 Å². The second kappa shape index (κ2) is 12.0. The molecule has 4 heterocycles. The van der Waals surface area contributed by atoms with Gasteiger partial charge in [-0.15, -0.1) is 10.2 Å².